The third-order valence-corrected chi connectivity index (χ3v) is 8.34. The van der Waals surface area contributed by atoms with Crippen molar-refractivity contribution >= 4 is 34.2 Å². The Hall–Kier alpha value is -3.51. The second kappa shape index (κ2) is 14.1. The normalized spacial score (nSPS) is 11.5. The molecule has 0 bridgehead atoms. The number of fused-ring (bicyclic) bond motifs is 1. The molecule has 0 spiro atoms. The SMILES string of the molecule is CCN(CC)CCCn1c(=N)n(CCCOc2ccc(Cl)cc2Cl)c2cc(-c3ccccc3)c(-c3ccccc3)cc21. The number of ether oxygens (including phenoxy) is 1. The highest BCUT2D eigenvalue weighted by molar-refractivity contribution is 6.35. The van der Waals surface area contributed by atoms with Crippen molar-refractivity contribution in [1.82, 2.24) is 14.0 Å². The Labute approximate surface area is 258 Å². The van der Waals surface area contributed by atoms with E-state index in [2.05, 4.69) is 94.6 Å². The average molecular weight is 602 g/mol. The molecule has 0 fully saturated rings. The zero-order valence-electron chi connectivity index (χ0n) is 24.3. The highest BCUT2D eigenvalue weighted by atomic mass is 35.5. The second-order valence-corrected chi connectivity index (χ2v) is 11.2. The lowest BCUT2D eigenvalue weighted by Gasteiger charge is -2.18. The Morgan fingerprint density at radius 2 is 1.26 bits per heavy atom. The summed E-state index contributed by atoms with van der Waals surface area (Å²) in [6.07, 6.45) is 1.71. The summed E-state index contributed by atoms with van der Waals surface area (Å²) < 4.78 is 10.3. The summed E-state index contributed by atoms with van der Waals surface area (Å²) in [5, 5.41) is 10.4. The van der Waals surface area contributed by atoms with E-state index in [1.54, 1.807) is 18.2 Å². The van der Waals surface area contributed by atoms with Gasteiger partial charge in [0.1, 0.15) is 5.75 Å². The van der Waals surface area contributed by atoms with Crippen LogP contribution in [0.3, 0.4) is 0 Å². The van der Waals surface area contributed by atoms with Gasteiger partial charge < -0.3 is 18.8 Å². The summed E-state index contributed by atoms with van der Waals surface area (Å²) >= 11 is 12.4. The minimum Gasteiger partial charge on any atom is -0.492 e. The van der Waals surface area contributed by atoms with Gasteiger partial charge in [-0.3, -0.25) is 5.41 Å². The monoisotopic (exact) mass is 600 g/mol. The topological polar surface area (TPSA) is 46.2 Å². The molecule has 218 valence electrons. The summed E-state index contributed by atoms with van der Waals surface area (Å²) in [5.41, 5.74) is 7.31. The number of aromatic nitrogens is 2. The standard InChI is InChI=1S/C35H38Cl2N4O/c1-3-39(4-2)19-11-20-40-32-24-29(26-13-7-5-8-14-26)30(27-15-9-6-10-16-27)25-33(32)41(35(40)38)21-12-22-42-34-18-17-28(36)23-31(34)37/h5-10,13-18,23-25,38H,3-4,11-12,19-22H2,1-2H3. The molecule has 0 saturated heterocycles. The number of aryl methyl sites for hydroxylation is 2. The van der Waals surface area contributed by atoms with Crippen molar-refractivity contribution < 1.29 is 4.74 Å². The van der Waals surface area contributed by atoms with Crippen LogP contribution in [0, 0.1) is 5.41 Å². The molecule has 7 heteroatoms. The van der Waals surface area contributed by atoms with E-state index in [0.717, 1.165) is 61.2 Å². The third-order valence-electron chi connectivity index (χ3n) is 7.81. The van der Waals surface area contributed by atoms with E-state index in [9.17, 15) is 5.41 Å². The van der Waals surface area contributed by atoms with Gasteiger partial charge in [-0.1, -0.05) is 97.7 Å². The Kier molecular flexibility index (Phi) is 10.1. The minimum absolute atomic E-state index is 0.482. The number of hydrogen-bond donors (Lipinski definition) is 1. The molecule has 5 aromatic rings. The van der Waals surface area contributed by atoms with Crippen molar-refractivity contribution in [2.45, 2.75) is 39.8 Å². The van der Waals surface area contributed by atoms with Gasteiger partial charge in [0.2, 0.25) is 5.62 Å². The van der Waals surface area contributed by atoms with E-state index in [4.69, 9.17) is 27.9 Å². The van der Waals surface area contributed by atoms with Crippen LogP contribution < -0.4 is 10.4 Å². The molecule has 5 rings (SSSR count). The first-order valence-corrected chi connectivity index (χ1v) is 15.5. The van der Waals surface area contributed by atoms with E-state index in [1.165, 1.54) is 11.1 Å². The molecule has 42 heavy (non-hydrogen) atoms. The van der Waals surface area contributed by atoms with Gasteiger partial charge >= 0.3 is 0 Å². The molecule has 0 saturated carbocycles. The number of nitrogens with one attached hydrogen (secondary N) is 1. The van der Waals surface area contributed by atoms with E-state index < -0.39 is 0 Å². The third kappa shape index (κ3) is 6.75. The maximum Gasteiger partial charge on any atom is 0.202 e. The highest BCUT2D eigenvalue weighted by Gasteiger charge is 2.17. The number of benzene rings is 4. The van der Waals surface area contributed by atoms with Crippen molar-refractivity contribution in [3.63, 3.8) is 0 Å². The molecule has 0 aliphatic carbocycles. The van der Waals surface area contributed by atoms with Gasteiger partial charge in [0.15, 0.2) is 0 Å². The van der Waals surface area contributed by atoms with E-state index in [1.807, 2.05) is 6.07 Å². The first kappa shape index (κ1) is 30.0. The second-order valence-electron chi connectivity index (χ2n) is 10.4. The smallest absolute Gasteiger partial charge is 0.202 e. The zero-order chi connectivity index (χ0) is 29.5. The predicted octanol–water partition coefficient (Wildman–Crippen LogP) is 8.76. The molecule has 0 amide bonds. The first-order chi connectivity index (χ1) is 20.5. The lowest BCUT2D eigenvalue weighted by atomic mass is 9.94. The Morgan fingerprint density at radius 3 is 1.79 bits per heavy atom. The maximum absolute atomic E-state index is 9.29. The quantitative estimate of drug-likeness (QED) is 0.137. The molecule has 1 aromatic heterocycles. The number of halogens is 2. The molecular weight excluding hydrogens is 563 g/mol. The molecule has 0 atom stereocenters. The van der Waals surface area contributed by atoms with Gasteiger partial charge in [-0.05, 0) is 85.1 Å². The maximum atomic E-state index is 9.29. The fourth-order valence-electron chi connectivity index (χ4n) is 5.54. The van der Waals surface area contributed by atoms with Crippen LogP contribution in [0.4, 0.5) is 0 Å². The van der Waals surface area contributed by atoms with Crippen LogP contribution in [-0.2, 0) is 13.1 Å². The van der Waals surface area contributed by atoms with Gasteiger partial charge in [-0.25, -0.2) is 0 Å². The van der Waals surface area contributed by atoms with Crippen LogP contribution in [0.2, 0.25) is 10.0 Å². The minimum atomic E-state index is 0.482. The molecule has 5 nitrogen and oxygen atoms in total. The molecule has 0 aliphatic rings. The Bertz CT molecular complexity index is 1670. The highest BCUT2D eigenvalue weighted by Crippen LogP contribution is 2.36. The molecule has 0 radical (unpaired) electrons. The number of nitrogens with zero attached hydrogens (tertiary/aromatic N) is 3. The van der Waals surface area contributed by atoms with Gasteiger partial charge in [0.25, 0.3) is 0 Å². The van der Waals surface area contributed by atoms with Gasteiger partial charge in [0.05, 0.1) is 22.7 Å². The first-order valence-electron chi connectivity index (χ1n) is 14.7. The van der Waals surface area contributed by atoms with Gasteiger partial charge in [-0.2, -0.15) is 0 Å². The number of imidazole rings is 1. The van der Waals surface area contributed by atoms with E-state index >= 15 is 0 Å². The molecule has 0 unspecified atom stereocenters. The van der Waals surface area contributed by atoms with E-state index in [0.29, 0.717) is 34.6 Å². The zero-order valence-corrected chi connectivity index (χ0v) is 25.8. The fourth-order valence-corrected chi connectivity index (χ4v) is 6.00. The van der Waals surface area contributed by atoms with Gasteiger partial charge in [-0.15, -0.1) is 0 Å². The van der Waals surface area contributed by atoms with Crippen LogP contribution in [-0.4, -0.2) is 40.3 Å². The van der Waals surface area contributed by atoms with E-state index in [-0.39, 0.29) is 0 Å². The molecule has 0 aliphatic heterocycles. The van der Waals surface area contributed by atoms with Crippen LogP contribution in [0.25, 0.3) is 33.3 Å². The Morgan fingerprint density at radius 1 is 0.714 bits per heavy atom. The Balaban J connectivity index is 1.53. The largest absolute Gasteiger partial charge is 0.492 e. The average Bonchev–Trinajstić information content (AvgIpc) is 3.27. The van der Waals surface area contributed by atoms with Crippen molar-refractivity contribution in [3.8, 4) is 28.0 Å². The molecule has 4 aromatic carbocycles. The summed E-state index contributed by atoms with van der Waals surface area (Å²) in [5.74, 6) is 0.620. The van der Waals surface area contributed by atoms with Crippen molar-refractivity contribution in [2.75, 3.05) is 26.2 Å². The van der Waals surface area contributed by atoms with Gasteiger partial charge in [0, 0.05) is 18.1 Å². The van der Waals surface area contributed by atoms with Crippen LogP contribution in [0.1, 0.15) is 26.7 Å². The number of hydrogen-bond acceptors (Lipinski definition) is 3. The molecule has 1 N–H and O–H groups in total. The van der Waals surface area contributed by atoms with Crippen LogP contribution in [0.5, 0.6) is 5.75 Å². The lowest BCUT2D eigenvalue weighted by Crippen LogP contribution is -2.28. The fraction of sp³-hybridized carbons (Fsp3) is 0.286. The van der Waals surface area contributed by atoms with Crippen molar-refractivity contribution in [2.24, 2.45) is 0 Å². The predicted molar refractivity (Wildman–Crippen MR) is 176 cm³/mol. The summed E-state index contributed by atoms with van der Waals surface area (Å²) in [6, 6.07) is 30.9. The van der Waals surface area contributed by atoms with Crippen molar-refractivity contribution in [1.29, 1.82) is 5.41 Å². The summed E-state index contributed by atoms with van der Waals surface area (Å²) in [6.45, 7) is 9.41. The number of rotatable bonds is 13. The van der Waals surface area contributed by atoms with Crippen LogP contribution in [0.15, 0.2) is 91.0 Å². The van der Waals surface area contributed by atoms with Crippen molar-refractivity contribution in [3.05, 3.63) is 107 Å². The lowest BCUT2D eigenvalue weighted by molar-refractivity contribution is 0.291. The molecule has 1 heterocycles. The van der Waals surface area contributed by atoms with Crippen LogP contribution >= 0.6 is 23.2 Å². The molecular formula is C35H38Cl2N4O. The summed E-state index contributed by atoms with van der Waals surface area (Å²) in [4.78, 5) is 2.44. The summed E-state index contributed by atoms with van der Waals surface area (Å²) in [7, 11) is 0.